The zero-order valence-electron chi connectivity index (χ0n) is 8.63. The third kappa shape index (κ3) is 3.99. The van der Waals surface area contributed by atoms with Crippen LogP contribution in [-0.4, -0.2) is 17.8 Å². The Kier molecular flexibility index (Phi) is 5.40. The van der Waals surface area contributed by atoms with Crippen molar-refractivity contribution in [2.45, 2.75) is 25.9 Å². The van der Waals surface area contributed by atoms with Gasteiger partial charge in [-0.2, -0.15) is 0 Å². The van der Waals surface area contributed by atoms with Crippen LogP contribution >= 0.6 is 23.2 Å². The summed E-state index contributed by atoms with van der Waals surface area (Å²) in [6.07, 6.45) is 0.891. The summed E-state index contributed by atoms with van der Waals surface area (Å²) >= 11 is 11.8. The molecule has 0 radical (unpaired) electrons. The maximum absolute atomic E-state index is 9.00. The minimum absolute atomic E-state index is 0.122. The molecule has 1 aromatic carbocycles. The van der Waals surface area contributed by atoms with E-state index in [-0.39, 0.29) is 12.6 Å². The van der Waals surface area contributed by atoms with E-state index in [1.807, 2.05) is 19.1 Å². The first-order valence-corrected chi connectivity index (χ1v) is 5.71. The van der Waals surface area contributed by atoms with E-state index in [4.69, 9.17) is 28.3 Å². The summed E-state index contributed by atoms with van der Waals surface area (Å²) < 4.78 is 0. The fourth-order valence-corrected chi connectivity index (χ4v) is 1.73. The lowest BCUT2D eigenvalue weighted by atomic mass is 10.2. The van der Waals surface area contributed by atoms with E-state index in [1.54, 1.807) is 6.07 Å². The number of aliphatic hydroxyl groups is 1. The van der Waals surface area contributed by atoms with Crippen LogP contribution < -0.4 is 5.32 Å². The Morgan fingerprint density at radius 2 is 2.13 bits per heavy atom. The van der Waals surface area contributed by atoms with E-state index in [2.05, 4.69) is 5.32 Å². The lowest BCUT2D eigenvalue weighted by Gasteiger charge is -2.14. The van der Waals surface area contributed by atoms with Gasteiger partial charge in [-0.1, -0.05) is 36.2 Å². The number of hydrogen-bond donors (Lipinski definition) is 2. The first-order chi connectivity index (χ1) is 7.17. The Bertz CT molecular complexity index is 313. The Morgan fingerprint density at radius 1 is 1.40 bits per heavy atom. The van der Waals surface area contributed by atoms with E-state index in [1.165, 1.54) is 0 Å². The molecule has 1 rings (SSSR count). The van der Waals surface area contributed by atoms with E-state index in [0.717, 1.165) is 12.0 Å². The van der Waals surface area contributed by atoms with Gasteiger partial charge >= 0.3 is 0 Å². The van der Waals surface area contributed by atoms with Crippen LogP contribution in [-0.2, 0) is 6.54 Å². The van der Waals surface area contributed by atoms with Crippen molar-refractivity contribution < 1.29 is 5.11 Å². The molecule has 4 heteroatoms. The number of halogens is 2. The van der Waals surface area contributed by atoms with E-state index < -0.39 is 0 Å². The smallest absolute Gasteiger partial charge is 0.0584 e. The van der Waals surface area contributed by atoms with Gasteiger partial charge in [-0.15, -0.1) is 0 Å². The highest BCUT2D eigenvalue weighted by Crippen LogP contribution is 2.20. The zero-order valence-corrected chi connectivity index (χ0v) is 10.1. The third-order valence-electron chi connectivity index (χ3n) is 2.31. The van der Waals surface area contributed by atoms with Crippen molar-refractivity contribution in [2.24, 2.45) is 0 Å². The second-order valence-electron chi connectivity index (χ2n) is 3.40. The largest absolute Gasteiger partial charge is 0.395 e. The molecule has 0 saturated carbocycles. The topological polar surface area (TPSA) is 32.3 Å². The lowest BCUT2D eigenvalue weighted by Crippen LogP contribution is -2.31. The molecule has 0 saturated heterocycles. The Morgan fingerprint density at radius 3 is 2.67 bits per heavy atom. The summed E-state index contributed by atoms with van der Waals surface area (Å²) in [7, 11) is 0. The number of rotatable bonds is 5. The molecule has 2 N–H and O–H groups in total. The van der Waals surface area contributed by atoms with Gasteiger partial charge in [0.05, 0.1) is 6.61 Å². The molecule has 0 aliphatic heterocycles. The molecule has 0 unspecified atom stereocenters. The molecular weight excluding hydrogens is 233 g/mol. The lowest BCUT2D eigenvalue weighted by molar-refractivity contribution is 0.238. The van der Waals surface area contributed by atoms with Gasteiger partial charge in [0.1, 0.15) is 0 Å². The van der Waals surface area contributed by atoms with Crippen molar-refractivity contribution >= 4 is 23.2 Å². The average Bonchev–Trinajstić information content (AvgIpc) is 2.22. The molecule has 0 spiro atoms. The number of aliphatic hydroxyl groups excluding tert-OH is 1. The summed E-state index contributed by atoms with van der Waals surface area (Å²) in [5, 5.41) is 13.5. The molecule has 1 atom stereocenters. The highest BCUT2D eigenvalue weighted by molar-refractivity contribution is 6.35. The van der Waals surface area contributed by atoms with Crippen molar-refractivity contribution in [3.05, 3.63) is 33.8 Å². The summed E-state index contributed by atoms with van der Waals surface area (Å²) in [6, 6.07) is 5.54. The predicted octanol–water partition coefficient (Wildman–Crippen LogP) is 2.85. The summed E-state index contributed by atoms with van der Waals surface area (Å²) in [5.74, 6) is 0. The van der Waals surface area contributed by atoms with E-state index in [9.17, 15) is 0 Å². The molecular formula is C11H15Cl2NO. The molecule has 84 valence electrons. The van der Waals surface area contributed by atoms with E-state index >= 15 is 0 Å². The minimum Gasteiger partial charge on any atom is -0.395 e. The fourth-order valence-electron chi connectivity index (χ4n) is 1.26. The SMILES string of the molecule is CC[C@@H](CO)NCc1ccc(Cl)cc1Cl. The molecule has 0 bridgehead atoms. The normalized spacial score (nSPS) is 12.8. The van der Waals surface area contributed by atoms with Gasteiger partial charge in [-0.25, -0.2) is 0 Å². The van der Waals surface area contributed by atoms with Gasteiger partial charge in [0.25, 0.3) is 0 Å². The highest BCUT2D eigenvalue weighted by Gasteiger charge is 2.05. The quantitative estimate of drug-likeness (QED) is 0.839. The van der Waals surface area contributed by atoms with Gasteiger partial charge < -0.3 is 10.4 Å². The van der Waals surface area contributed by atoms with Crippen LogP contribution in [0.25, 0.3) is 0 Å². The van der Waals surface area contributed by atoms with Crippen molar-refractivity contribution in [3.8, 4) is 0 Å². The van der Waals surface area contributed by atoms with Crippen LogP contribution in [0.1, 0.15) is 18.9 Å². The first kappa shape index (κ1) is 12.8. The molecule has 15 heavy (non-hydrogen) atoms. The van der Waals surface area contributed by atoms with E-state index in [0.29, 0.717) is 16.6 Å². The molecule has 0 fully saturated rings. The van der Waals surface area contributed by atoms with Crippen molar-refractivity contribution in [3.63, 3.8) is 0 Å². The van der Waals surface area contributed by atoms with Gasteiger partial charge in [-0.3, -0.25) is 0 Å². The van der Waals surface area contributed by atoms with Crippen LogP contribution in [0, 0.1) is 0 Å². The van der Waals surface area contributed by atoms with Crippen LogP contribution in [0.5, 0.6) is 0 Å². The van der Waals surface area contributed by atoms with Crippen LogP contribution in [0.4, 0.5) is 0 Å². The number of hydrogen-bond acceptors (Lipinski definition) is 2. The molecule has 0 amide bonds. The maximum atomic E-state index is 9.00. The second-order valence-corrected chi connectivity index (χ2v) is 4.25. The predicted molar refractivity (Wildman–Crippen MR) is 64.5 cm³/mol. The highest BCUT2D eigenvalue weighted by atomic mass is 35.5. The number of benzene rings is 1. The van der Waals surface area contributed by atoms with Gasteiger partial charge in [-0.05, 0) is 24.1 Å². The molecule has 0 aliphatic rings. The Balaban J connectivity index is 2.57. The molecule has 2 nitrogen and oxygen atoms in total. The molecule has 0 heterocycles. The summed E-state index contributed by atoms with van der Waals surface area (Å²) in [6.45, 7) is 2.81. The fraction of sp³-hybridized carbons (Fsp3) is 0.455. The summed E-state index contributed by atoms with van der Waals surface area (Å²) in [5.41, 5.74) is 0.993. The molecule has 0 aliphatic carbocycles. The third-order valence-corrected chi connectivity index (χ3v) is 2.90. The van der Waals surface area contributed by atoms with Gasteiger partial charge in [0, 0.05) is 22.6 Å². The molecule has 1 aromatic rings. The first-order valence-electron chi connectivity index (χ1n) is 4.95. The minimum atomic E-state index is 0.122. The Hall–Kier alpha value is -0.280. The van der Waals surface area contributed by atoms with Crippen LogP contribution in [0.2, 0.25) is 10.0 Å². The average molecular weight is 248 g/mol. The van der Waals surface area contributed by atoms with Crippen molar-refractivity contribution in [1.29, 1.82) is 0 Å². The van der Waals surface area contributed by atoms with Gasteiger partial charge in [0.15, 0.2) is 0 Å². The Labute approximate surface area is 100 Å². The van der Waals surface area contributed by atoms with Crippen LogP contribution in [0.3, 0.4) is 0 Å². The van der Waals surface area contributed by atoms with Crippen LogP contribution in [0.15, 0.2) is 18.2 Å². The molecule has 0 aromatic heterocycles. The zero-order chi connectivity index (χ0) is 11.3. The second kappa shape index (κ2) is 6.33. The van der Waals surface area contributed by atoms with Crippen molar-refractivity contribution in [2.75, 3.05) is 6.61 Å². The number of nitrogens with one attached hydrogen (secondary N) is 1. The van der Waals surface area contributed by atoms with Crippen molar-refractivity contribution in [1.82, 2.24) is 5.32 Å². The maximum Gasteiger partial charge on any atom is 0.0584 e. The monoisotopic (exact) mass is 247 g/mol. The summed E-state index contributed by atoms with van der Waals surface area (Å²) in [4.78, 5) is 0. The standard InChI is InChI=1S/C11H15Cl2NO/c1-2-10(7-15)14-6-8-3-4-9(12)5-11(8)13/h3-5,10,14-15H,2,6-7H2,1H3/t10-/m0/s1. The van der Waals surface area contributed by atoms with Gasteiger partial charge in [0.2, 0.25) is 0 Å².